The monoisotopic (exact) mass is 348 g/mol. The van der Waals surface area contributed by atoms with Crippen LogP contribution < -0.4 is 14.8 Å². The van der Waals surface area contributed by atoms with Crippen LogP contribution in [-0.4, -0.2) is 19.6 Å². The second-order valence-corrected chi connectivity index (χ2v) is 5.49. The fourth-order valence-corrected chi connectivity index (χ4v) is 2.17. The molecule has 5 heteroatoms. The van der Waals surface area contributed by atoms with Crippen molar-refractivity contribution < 1.29 is 14.3 Å². The molecule has 26 heavy (non-hydrogen) atoms. The summed E-state index contributed by atoms with van der Waals surface area (Å²) in [6.07, 6.45) is 3.10. The number of ether oxygens (including phenoxy) is 2. The molecule has 0 aliphatic rings. The Balaban J connectivity index is 2.29. The summed E-state index contributed by atoms with van der Waals surface area (Å²) in [5.41, 5.74) is 2.28. The summed E-state index contributed by atoms with van der Waals surface area (Å²) in [4.78, 5) is 12.4. The highest BCUT2D eigenvalue weighted by molar-refractivity contribution is 6.09. The zero-order chi connectivity index (χ0) is 18.9. The smallest absolute Gasteiger partial charge is 0.266 e. The molecule has 1 amide bonds. The number of nitrogens with one attached hydrogen (secondary N) is 1. The van der Waals surface area contributed by atoms with Crippen LogP contribution in [0.3, 0.4) is 0 Å². The van der Waals surface area contributed by atoms with Gasteiger partial charge >= 0.3 is 0 Å². The predicted octanol–water partition coefficient (Wildman–Crippen LogP) is 4.11. The molecule has 0 spiro atoms. The zero-order valence-electron chi connectivity index (χ0n) is 14.8. The first kappa shape index (κ1) is 18.8. The van der Waals surface area contributed by atoms with Crippen LogP contribution in [0.15, 0.2) is 60.7 Å². The molecule has 0 unspecified atom stereocenters. The first-order chi connectivity index (χ1) is 12.6. The molecule has 0 aliphatic carbocycles. The van der Waals surface area contributed by atoms with E-state index in [1.807, 2.05) is 25.1 Å². The van der Waals surface area contributed by atoms with Gasteiger partial charge in [-0.1, -0.05) is 30.4 Å². The standard InChI is InChI=1S/C21H20N2O3/c1-4-11-26-20-13-19(25-3)10-7-16(20)12-17(14-22)21(24)23-18-8-5-15(2)6-9-18/h4-10,12-13H,1,11H2,2-3H3,(H,23,24)/b17-12+. The molecular weight excluding hydrogens is 328 g/mol. The van der Waals surface area contributed by atoms with Gasteiger partial charge in [0.2, 0.25) is 0 Å². The van der Waals surface area contributed by atoms with Crippen molar-refractivity contribution in [3.05, 3.63) is 71.8 Å². The quantitative estimate of drug-likeness (QED) is 0.464. The summed E-state index contributed by atoms with van der Waals surface area (Å²) in [6, 6.07) is 14.4. The van der Waals surface area contributed by atoms with E-state index in [1.165, 1.54) is 6.08 Å². The van der Waals surface area contributed by atoms with Gasteiger partial charge in [-0.3, -0.25) is 4.79 Å². The van der Waals surface area contributed by atoms with Crippen LogP contribution in [-0.2, 0) is 4.79 Å². The van der Waals surface area contributed by atoms with Crippen LogP contribution in [0.1, 0.15) is 11.1 Å². The summed E-state index contributed by atoms with van der Waals surface area (Å²) in [5.74, 6) is 0.630. The van der Waals surface area contributed by atoms with Crippen LogP contribution in [0.4, 0.5) is 5.69 Å². The highest BCUT2D eigenvalue weighted by Gasteiger charge is 2.12. The van der Waals surface area contributed by atoms with Gasteiger partial charge in [0.25, 0.3) is 5.91 Å². The Morgan fingerprint density at radius 1 is 1.27 bits per heavy atom. The van der Waals surface area contributed by atoms with Gasteiger partial charge in [-0.2, -0.15) is 5.26 Å². The highest BCUT2D eigenvalue weighted by atomic mass is 16.5. The fraction of sp³-hybridized carbons (Fsp3) is 0.143. The molecule has 0 bridgehead atoms. The van der Waals surface area contributed by atoms with Gasteiger partial charge in [-0.05, 0) is 37.3 Å². The SMILES string of the molecule is C=CCOc1cc(OC)ccc1/C=C(\C#N)C(=O)Nc1ccc(C)cc1. The van der Waals surface area contributed by atoms with E-state index in [1.54, 1.807) is 43.5 Å². The first-order valence-electron chi connectivity index (χ1n) is 7.99. The minimum absolute atomic E-state index is 0.0285. The van der Waals surface area contributed by atoms with E-state index in [0.29, 0.717) is 29.4 Å². The Morgan fingerprint density at radius 2 is 2.00 bits per heavy atom. The number of benzene rings is 2. The minimum atomic E-state index is -0.484. The van der Waals surface area contributed by atoms with Crippen molar-refractivity contribution in [1.29, 1.82) is 5.26 Å². The number of aryl methyl sites for hydroxylation is 1. The average Bonchev–Trinajstić information content (AvgIpc) is 2.66. The van der Waals surface area contributed by atoms with E-state index in [2.05, 4.69) is 11.9 Å². The predicted molar refractivity (Wildman–Crippen MR) is 102 cm³/mol. The van der Waals surface area contributed by atoms with Crippen molar-refractivity contribution in [3.8, 4) is 17.6 Å². The lowest BCUT2D eigenvalue weighted by molar-refractivity contribution is -0.112. The number of carbonyl (C=O) groups is 1. The lowest BCUT2D eigenvalue weighted by atomic mass is 10.1. The van der Waals surface area contributed by atoms with Gasteiger partial charge in [0.05, 0.1) is 7.11 Å². The second-order valence-electron chi connectivity index (χ2n) is 5.49. The molecule has 0 heterocycles. The maximum atomic E-state index is 12.4. The van der Waals surface area contributed by atoms with Crippen molar-refractivity contribution in [2.45, 2.75) is 6.92 Å². The Hall–Kier alpha value is -3.52. The second kappa shape index (κ2) is 9.09. The molecule has 0 radical (unpaired) electrons. The molecule has 0 saturated carbocycles. The van der Waals surface area contributed by atoms with Crippen LogP contribution >= 0.6 is 0 Å². The molecule has 5 nitrogen and oxygen atoms in total. The maximum Gasteiger partial charge on any atom is 0.266 e. The number of anilines is 1. The van der Waals surface area contributed by atoms with Crippen molar-refractivity contribution in [2.24, 2.45) is 0 Å². The molecule has 0 atom stereocenters. The Morgan fingerprint density at radius 3 is 2.62 bits per heavy atom. The Bertz CT molecular complexity index is 862. The normalized spacial score (nSPS) is 10.6. The van der Waals surface area contributed by atoms with Crippen LogP contribution in [0.2, 0.25) is 0 Å². The molecule has 2 rings (SSSR count). The topological polar surface area (TPSA) is 71.3 Å². The molecule has 132 valence electrons. The van der Waals surface area contributed by atoms with Crippen molar-refractivity contribution >= 4 is 17.7 Å². The first-order valence-corrected chi connectivity index (χ1v) is 7.99. The number of rotatable bonds is 7. The molecule has 2 aromatic carbocycles. The van der Waals surface area contributed by atoms with E-state index in [4.69, 9.17) is 9.47 Å². The number of nitrogens with zero attached hydrogens (tertiary/aromatic N) is 1. The van der Waals surface area contributed by atoms with Crippen LogP contribution in [0.5, 0.6) is 11.5 Å². The van der Waals surface area contributed by atoms with Crippen molar-refractivity contribution in [3.63, 3.8) is 0 Å². The number of hydrogen-bond acceptors (Lipinski definition) is 4. The van der Waals surface area contributed by atoms with Gasteiger partial charge in [0, 0.05) is 17.3 Å². The summed E-state index contributed by atoms with van der Waals surface area (Å²) in [7, 11) is 1.55. The average molecular weight is 348 g/mol. The largest absolute Gasteiger partial charge is 0.497 e. The molecule has 0 aliphatic heterocycles. The number of hydrogen-bond donors (Lipinski definition) is 1. The fourth-order valence-electron chi connectivity index (χ4n) is 2.17. The van der Waals surface area contributed by atoms with Crippen molar-refractivity contribution in [2.75, 3.05) is 19.0 Å². The van der Waals surface area contributed by atoms with Gasteiger partial charge in [0.15, 0.2) is 0 Å². The minimum Gasteiger partial charge on any atom is -0.497 e. The van der Waals surface area contributed by atoms with Gasteiger partial charge in [-0.15, -0.1) is 0 Å². The van der Waals surface area contributed by atoms with Crippen molar-refractivity contribution in [1.82, 2.24) is 0 Å². The molecule has 0 aromatic heterocycles. The molecule has 0 fully saturated rings. The lowest BCUT2D eigenvalue weighted by Gasteiger charge is -2.10. The maximum absolute atomic E-state index is 12.4. The van der Waals surface area contributed by atoms with E-state index in [-0.39, 0.29) is 5.57 Å². The van der Waals surface area contributed by atoms with Gasteiger partial charge < -0.3 is 14.8 Å². The van der Waals surface area contributed by atoms with E-state index >= 15 is 0 Å². The third-order valence-corrected chi connectivity index (χ3v) is 3.55. The number of nitriles is 1. The van der Waals surface area contributed by atoms with E-state index < -0.39 is 5.91 Å². The summed E-state index contributed by atoms with van der Waals surface area (Å²) in [6.45, 7) is 5.87. The van der Waals surface area contributed by atoms with Crippen LogP contribution in [0.25, 0.3) is 6.08 Å². The lowest BCUT2D eigenvalue weighted by Crippen LogP contribution is -2.13. The van der Waals surface area contributed by atoms with Crippen LogP contribution in [0, 0.1) is 18.3 Å². The molecule has 0 saturated heterocycles. The Kier molecular flexibility index (Phi) is 6.58. The highest BCUT2D eigenvalue weighted by Crippen LogP contribution is 2.27. The number of methoxy groups -OCH3 is 1. The summed E-state index contributed by atoms with van der Waals surface area (Å²) < 4.78 is 10.8. The van der Waals surface area contributed by atoms with E-state index in [0.717, 1.165) is 5.56 Å². The Labute approximate surface area is 153 Å². The van der Waals surface area contributed by atoms with Gasteiger partial charge in [0.1, 0.15) is 29.7 Å². The molecule has 2 aromatic rings. The number of carbonyl (C=O) groups excluding carboxylic acids is 1. The summed E-state index contributed by atoms with van der Waals surface area (Å²) >= 11 is 0. The molecular formula is C21H20N2O3. The number of amides is 1. The zero-order valence-corrected chi connectivity index (χ0v) is 14.8. The molecule has 1 N–H and O–H groups in total. The van der Waals surface area contributed by atoms with E-state index in [9.17, 15) is 10.1 Å². The third-order valence-electron chi connectivity index (χ3n) is 3.55. The summed E-state index contributed by atoms with van der Waals surface area (Å²) in [5, 5.41) is 12.1. The van der Waals surface area contributed by atoms with Gasteiger partial charge in [-0.25, -0.2) is 0 Å². The third kappa shape index (κ3) is 4.99.